The van der Waals surface area contributed by atoms with Crippen molar-refractivity contribution in [3.8, 4) is 5.69 Å². The normalized spacial score (nSPS) is 16.7. The molecule has 1 fully saturated rings. The van der Waals surface area contributed by atoms with Gasteiger partial charge in [0.2, 0.25) is 5.91 Å². The Labute approximate surface area is 143 Å². The number of benzene rings is 1. The maximum atomic E-state index is 12.2. The minimum atomic E-state index is 0.0219. The maximum Gasteiger partial charge on any atom is 0.220 e. The van der Waals surface area contributed by atoms with E-state index in [9.17, 15) is 4.79 Å². The first-order valence-electron chi connectivity index (χ1n) is 8.96. The summed E-state index contributed by atoms with van der Waals surface area (Å²) in [7, 11) is 0. The van der Waals surface area contributed by atoms with Gasteiger partial charge in [0.25, 0.3) is 0 Å². The average Bonchev–Trinajstić information content (AvgIpc) is 3.16. The topological polar surface area (TPSA) is 59.8 Å². The fourth-order valence-corrected chi connectivity index (χ4v) is 3.47. The second-order valence-corrected chi connectivity index (χ2v) is 6.76. The molecule has 0 spiro atoms. The Morgan fingerprint density at radius 3 is 2.67 bits per heavy atom. The van der Waals surface area contributed by atoms with E-state index in [2.05, 4.69) is 15.4 Å². The molecule has 1 amide bonds. The predicted molar refractivity (Wildman–Crippen MR) is 93.7 cm³/mol. The van der Waals surface area contributed by atoms with Gasteiger partial charge in [0.15, 0.2) is 0 Å². The summed E-state index contributed by atoms with van der Waals surface area (Å²) in [5.41, 5.74) is 2.07. The molecule has 1 heterocycles. The molecule has 1 atom stereocenters. The van der Waals surface area contributed by atoms with Crippen LogP contribution in [0.4, 0.5) is 0 Å². The van der Waals surface area contributed by atoms with Crippen molar-refractivity contribution >= 4 is 5.91 Å². The van der Waals surface area contributed by atoms with Gasteiger partial charge in [0.05, 0.1) is 11.7 Å². The largest absolute Gasteiger partial charge is 0.350 e. The van der Waals surface area contributed by atoms with E-state index >= 15 is 0 Å². The van der Waals surface area contributed by atoms with E-state index in [-0.39, 0.29) is 11.9 Å². The van der Waals surface area contributed by atoms with Crippen molar-refractivity contribution in [2.24, 2.45) is 5.92 Å². The smallest absolute Gasteiger partial charge is 0.220 e. The van der Waals surface area contributed by atoms with E-state index in [4.69, 9.17) is 0 Å². The van der Waals surface area contributed by atoms with Crippen molar-refractivity contribution in [2.45, 2.75) is 57.9 Å². The molecule has 0 bridgehead atoms. The van der Waals surface area contributed by atoms with E-state index < -0.39 is 0 Å². The lowest BCUT2D eigenvalue weighted by atomic mass is 9.86. The van der Waals surface area contributed by atoms with Crippen LogP contribution in [0.25, 0.3) is 5.69 Å². The SMILES string of the molecule is C[C@H](NC(=O)CCC1CCCCC1)c1ccc(-n2cncn2)cc1. The molecule has 5 nitrogen and oxygen atoms in total. The summed E-state index contributed by atoms with van der Waals surface area (Å²) in [6.45, 7) is 2.03. The molecule has 1 aromatic carbocycles. The number of aromatic nitrogens is 3. The van der Waals surface area contributed by atoms with Gasteiger partial charge in [-0.05, 0) is 37.0 Å². The Balaban J connectivity index is 1.48. The van der Waals surface area contributed by atoms with Crippen LogP contribution in [-0.4, -0.2) is 20.7 Å². The van der Waals surface area contributed by atoms with Crippen molar-refractivity contribution in [2.75, 3.05) is 0 Å². The first-order valence-corrected chi connectivity index (χ1v) is 8.96. The molecule has 1 aliphatic carbocycles. The number of hydrogen-bond acceptors (Lipinski definition) is 3. The van der Waals surface area contributed by atoms with Gasteiger partial charge in [-0.1, -0.05) is 44.2 Å². The minimum absolute atomic E-state index is 0.0219. The zero-order valence-electron chi connectivity index (χ0n) is 14.3. The Kier molecular flexibility index (Phi) is 5.62. The van der Waals surface area contributed by atoms with Crippen molar-refractivity contribution < 1.29 is 4.79 Å². The molecule has 24 heavy (non-hydrogen) atoms. The third-order valence-electron chi connectivity index (χ3n) is 4.96. The molecular weight excluding hydrogens is 300 g/mol. The molecule has 0 saturated heterocycles. The van der Waals surface area contributed by atoms with Crippen molar-refractivity contribution in [1.29, 1.82) is 0 Å². The quantitative estimate of drug-likeness (QED) is 0.878. The summed E-state index contributed by atoms with van der Waals surface area (Å²) in [5, 5.41) is 7.23. The fraction of sp³-hybridized carbons (Fsp3) is 0.526. The summed E-state index contributed by atoms with van der Waals surface area (Å²) in [4.78, 5) is 16.1. The molecule has 0 radical (unpaired) electrons. The Bertz CT molecular complexity index is 630. The van der Waals surface area contributed by atoms with Crippen LogP contribution in [0.2, 0.25) is 0 Å². The Hall–Kier alpha value is -2.17. The van der Waals surface area contributed by atoms with Crippen LogP contribution in [0, 0.1) is 5.92 Å². The standard InChI is InChI=1S/C19H26N4O/c1-15(22-19(24)12-7-16-5-3-2-4-6-16)17-8-10-18(11-9-17)23-14-20-13-21-23/h8-11,13-16H,2-7,12H2,1H3,(H,22,24)/t15-/m0/s1. The molecule has 1 saturated carbocycles. The van der Waals surface area contributed by atoms with Crippen molar-refractivity contribution in [3.63, 3.8) is 0 Å². The first kappa shape index (κ1) is 16.7. The molecule has 1 aromatic heterocycles. The van der Waals surface area contributed by atoms with Gasteiger partial charge in [-0.15, -0.1) is 0 Å². The van der Waals surface area contributed by atoms with E-state index in [0.29, 0.717) is 6.42 Å². The second-order valence-electron chi connectivity index (χ2n) is 6.76. The fourth-order valence-electron chi connectivity index (χ4n) is 3.47. The lowest BCUT2D eigenvalue weighted by Crippen LogP contribution is -2.27. The van der Waals surface area contributed by atoms with E-state index in [1.54, 1.807) is 11.0 Å². The van der Waals surface area contributed by atoms with E-state index in [1.807, 2.05) is 31.2 Å². The lowest BCUT2D eigenvalue weighted by molar-refractivity contribution is -0.122. The highest BCUT2D eigenvalue weighted by molar-refractivity contribution is 5.76. The predicted octanol–water partition coefficient (Wildman–Crippen LogP) is 3.81. The van der Waals surface area contributed by atoms with Gasteiger partial charge in [0, 0.05) is 6.42 Å². The van der Waals surface area contributed by atoms with Crippen LogP contribution in [-0.2, 0) is 4.79 Å². The number of nitrogens with zero attached hydrogens (tertiary/aromatic N) is 3. The summed E-state index contributed by atoms with van der Waals surface area (Å²) in [6.07, 6.45) is 11.5. The van der Waals surface area contributed by atoms with Crippen molar-refractivity contribution in [3.05, 3.63) is 42.5 Å². The third-order valence-corrected chi connectivity index (χ3v) is 4.96. The number of carbonyl (C=O) groups is 1. The molecule has 128 valence electrons. The van der Waals surface area contributed by atoms with Crippen LogP contribution < -0.4 is 5.32 Å². The van der Waals surface area contributed by atoms with Crippen LogP contribution in [0.3, 0.4) is 0 Å². The van der Waals surface area contributed by atoms with Crippen LogP contribution >= 0.6 is 0 Å². The zero-order valence-corrected chi connectivity index (χ0v) is 14.3. The average molecular weight is 326 g/mol. The van der Waals surface area contributed by atoms with Crippen LogP contribution in [0.1, 0.15) is 63.5 Å². The van der Waals surface area contributed by atoms with Gasteiger partial charge in [0.1, 0.15) is 12.7 Å². The second kappa shape index (κ2) is 8.08. The molecule has 1 aliphatic rings. The van der Waals surface area contributed by atoms with Crippen LogP contribution in [0.15, 0.2) is 36.9 Å². The highest BCUT2D eigenvalue weighted by atomic mass is 16.1. The maximum absolute atomic E-state index is 12.2. The first-order chi connectivity index (χ1) is 11.7. The Morgan fingerprint density at radius 1 is 1.25 bits per heavy atom. The zero-order chi connectivity index (χ0) is 16.8. The molecular formula is C19H26N4O. The van der Waals surface area contributed by atoms with Crippen LogP contribution in [0.5, 0.6) is 0 Å². The molecule has 5 heteroatoms. The Morgan fingerprint density at radius 2 is 2.00 bits per heavy atom. The third kappa shape index (κ3) is 4.43. The lowest BCUT2D eigenvalue weighted by Gasteiger charge is -2.21. The number of rotatable bonds is 6. The molecule has 1 N–H and O–H groups in total. The summed E-state index contributed by atoms with van der Waals surface area (Å²) >= 11 is 0. The number of nitrogens with one attached hydrogen (secondary N) is 1. The van der Waals surface area contributed by atoms with E-state index in [0.717, 1.165) is 23.6 Å². The summed E-state index contributed by atoms with van der Waals surface area (Å²) in [6, 6.07) is 8.07. The van der Waals surface area contributed by atoms with Gasteiger partial charge in [-0.25, -0.2) is 9.67 Å². The highest BCUT2D eigenvalue weighted by Crippen LogP contribution is 2.27. The number of carbonyl (C=O) groups excluding carboxylic acids is 1. The number of hydrogen-bond donors (Lipinski definition) is 1. The summed E-state index contributed by atoms with van der Waals surface area (Å²) < 4.78 is 1.72. The molecule has 3 rings (SSSR count). The van der Waals surface area contributed by atoms with Gasteiger partial charge in [-0.2, -0.15) is 5.10 Å². The minimum Gasteiger partial charge on any atom is -0.350 e. The monoisotopic (exact) mass is 326 g/mol. The van der Waals surface area contributed by atoms with E-state index in [1.165, 1.54) is 38.4 Å². The molecule has 2 aromatic rings. The molecule has 0 aliphatic heterocycles. The number of amides is 1. The van der Waals surface area contributed by atoms with Gasteiger partial charge in [-0.3, -0.25) is 4.79 Å². The van der Waals surface area contributed by atoms with Crippen molar-refractivity contribution in [1.82, 2.24) is 20.1 Å². The van der Waals surface area contributed by atoms with Gasteiger partial charge < -0.3 is 5.32 Å². The highest BCUT2D eigenvalue weighted by Gasteiger charge is 2.16. The summed E-state index contributed by atoms with van der Waals surface area (Å²) in [5.74, 6) is 0.912. The molecule has 0 unspecified atom stereocenters. The van der Waals surface area contributed by atoms with Gasteiger partial charge >= 0.3 is 0 Å².